The fourth-order valence-corrected chi connectivity index (χ4v) is 0.757. The largest absolute Gasteiger partial charge is 0.237 e. The van der Waals surface area contributed by atoms with Gasteiger partial charge in [-0.2, -0.15) is 0 Å². The molecule has 0 spiro atoms. The van der Waals surface area contributed by atoms with E-state index in [0.717, 1.165) is 5.82 Å². The van der Waals surface area contributed by atoms with E-state index in [4.69, 9.17) is 0 Å². The molecule has 0 atom stereocenters. The second-order valence-electron chi connectivity index (χ2n) is 1.84. The highest BCUT2D eigenvalue weighted by Crippen LogP contribution is 2.03. The summed E-state index contributed by atoms with van der Waals surface area (Å²) in [5.41, 5.74) is 0. The number of hydrogen-bond acceptors (Lipinski definition) is 2. The first-order chi connectivity index (χ1) is 4.97. The molecule has 4 heteroatoms. The molecule has 1 radical (unpaired) electrons. The molecule has 0 fully saturated rings. The van der Waals surface area contributed by atoms with E-state index >= 15 is 0 Å². The average molecular weight is 133 g/mol. The van der Waals surface area contributed by atoms with Gasteiger partial charge >= 0.3 is 0 Å². The Morgan fingerprint density at radius 1 is 1.40 bits per heavy atom. The van der Waals surface area contributed by atoms with Crippen LogP contribution in [-0.4, -0.2) is 15.0 Å². The molecule has 0 bridgehead atoms. The Hall–Kier alpha value is -1.58. The summed E-state index contributed by atoms with van der Waals surface area (Å²) in [6, 6.07) is 0. The zero-order valence-electron chi connectivity index (χ0n) is 5.18. The minimum atomic E-state index is 0.803. The van der Waals surface area contributed by atoms with Crippen LogP contribution in [0.2, 0.25) is 0 Å². The lowest BCUT2D eigenvalue weighted by Gasteiger charge is -1.96. The monoisotopic (exact) mass is 133 g/mol. The standard InChI is InChI=1S/C6H5N4/c1-2-6(7-3-1)10-5-4-8-9-10/h1-5H. The first-order valence-corrected chi connectivity index (χ1v) is 2.91. The lowest BCUT2D eigenvalue weighted by molar-refractivity contribution is 0.789. The quantitative estimate of drug-likeness (QED) is 0.549. The van der Waals surface area contributed by atoms with E-state index in [0.29, 0.717) is 0 Å². The Kier molecular flexibility index (Phi) is 1.04. The lowest BCUT2D eigenvalue weighted by atomic mass is 10.6. The third-order valence-electron chi connectivity index (χ3n) is 1.20. The molecule has 4 nitrogen and oxygen atoms in total. The van der Waals surface area contributed by atoms with Crippen LogP contribution in [0.5, 0.6) is 0 Å². The summed E-state index contributed by atoms with van der Waals surface area (Å²) in [4.78, 5) is 0. The summed E-state index contributed by atoms with van der Waals surface area (Å²) in [5.74, 6) is 0.803. The van der Waals surface area contributed by atoms with Crippen molar-refractivity contribution in [2.75, 3.05) is 0 Å². The Bertz CT molecular complexity index is 270. The van der Waals surface area contributed by atoms with E-state index in [9.17, 15) is 0 Å². The van der Waals surface area contributed by atoms with E-state index in [1.807, 2.05) is 12.2 Å². The van der Waals surface area contributed by atoms with Gasteiger partial charge in [0, 0.05) is 6.20 Å². The molecule has 1 aromatic heterocycles. The van der Waals surface area contributed by atoms with E-state index in [1.54, 1.807) is 23.3 Å². The van der Waals surface area contributed by atoms with Crippen molar-refractivity contribution in [2.45, 2.75) is 0 Å². The fraction of sp³-hybridized carbons (Fsp3) is 0. The minimum absolute atomic E-state index is 0.803. The molecule has 0 aromatic carbocycles. The molecule has 0 N–H and O–H groups in total. The van der Waals surface area contributed by atoms with Gasteiger partial charge in [0.15, 0.2) is 5.82 Å². The maximum absolute atomic E-state index is 4.02. The van der Waals surface area contributed by atoms with Gasteiger partial charge in [-0.1, -0.05) is 5.21 Å². The third-order valence-corrected chi connectivity index (χ3v) is 1.20. The molecular weight excluding hydrogens is 128 g/mol. The van der Waals surface area contributed by atoms with Crippen LogP contribution in [0.15, 0.2) is 30.7 Å². The second kappa shape index (κ2) is 1.98. The van der Waals surface area contributed by atoms with Crippen molar-refractivity contribution in [3.63, 3.8) is 0 Å². The van der Waals surface area contributed by atoms with Gasteiger partial charge < -0.3 is 0 Å². The van der Waals surface area contributed by atoms with Gasteiger partial charge in [-0.05, 0) is 12.2 Å². The molecule has 2 rings (SSSR count). The molecule has 1 aliphatic heterocycles. The van der Waals surface area contributed by atoms with Crippen molar-refractivity contribution in [3.8, 4) is 0 Å². The highest BCUT2D eigenvalue weighted by atomic mass is 15.4. The second-order valence-corrected chi connectivity index (χ2v) is 1.84. The number of aromatic nitrogens is 3. The SMILES string of the molecule is C1=C[N]C(n2ccnn2)=C1. The highest BCUT2D eigenvalue weighted by Gasteiger charge is 2.01. The molecule has 0 unspecified atom stereocenters. The maximum atomic E-state index is 4.02. The van der Waals surface area contributed by atoms with Gasteiger partial charge in [0.05, 0.1) is 12.4 Å². The van der Waals surface area contributed by atoms with Crippen LogP contribution in [0.1, 0.15) is 0 Å². The van der Waals surface area contributed by atoms with E-state index in [2.05, 4.69) is 15.6 Å². The molecule has 0 saturated heterocycles. The summed E-state index contributed by atoms with van der Waals surface area (Å²) in [7, 11) is 0. The smallest absolute Gasteiger partial charge is 0.155 e. The first-order valence-electron chi connectivity index (χ1n) is 2.91. The van der Waals surface area contributed by atoms with Crippen molar-refractivity contribution in [3.05, 3.63) is 30.7 Å². The molecular formula is C6H5N4. The molecule has 2 heterocycles. The van der Waals surface area contributed by atoms with Crippen LogP contribution in [0.3, 0.4) is 0 Å². The van der Waals surface area contributed by atoms with Crippen molar-refractivity contribution in [1.82, 2.24) is 20.3 Å². The predicted molar refractivity (Wildman–Crippen MR) is 35.6 cm³/mol. The summed E-state index contributed by atoms with van der Waals surface area (Å²) < 4.78 is 1.61. The summed E-state index contributed by atoms with van der Waals surface area (Å²) in [5, 5.41) is 11.4. The molecule has 0 aliphatic carbocycles. The van der Waals surface area contributed by atoms with Gasteiger partial charge in [-0.3, -0.25) is 0 Å². The van der Waals surface area contributed by atoms with Crippen LogP contribution in [0.4, 0.5) is 0 Å². The van der Waals surface area contributed by atoms with Gasteiger partial charge in [-0.15, -0.1) is 5.10 Å². The number of nitrogens with zero attached hydrogens (tertiary/aromatic N) is 4. The number of allylic oxidation sites excluding steroid dienone is 2. The molecule has 1 aliphatic rings. The van der Waals surface area contributed by atoms with Crippen LogP contribution in [0, 0.1) is 0 Å². The summed E-state index contributed by atoms with van der Waals surface area (Å²) >= 11 is 0. The lowest BCUT2D eigenvalue weighted by Crippen LogP contribution is -2.02. The van der Waals surface area contributed by atoms with Gasteiger partial charge in [0.25, 0.3) is 0 Å². The molecule has 1 aromatic rings. The maximum Gasteiger partial charge on any atom is 0.155 e. The van der Waals surface area contributed by atoms with Crippen LogP contribution >= 0.6 is 0 Å². The molecule has 0 amide bonds. The Balaban J connectivity index is 2.30. The predicted octanol–water partition coefficient (Wildman–Crippen LogP) is 0.208. The summed E-state index contributed by atoms with van der Waals surface area (Å²) in [6.45, 7) is 0. The van der Waals surface area contributed by atoms with Gasteiger partial charge in [0.2, 0.25) is 0 Å². The van der Waals surface area contributed by atoms with Crippen LogP contribution in [-0.2, 0) is 0 Å². The normalized spacial score (nSPS) is 15.0. The molecule has 10 heavy (non-hydrogen) atoms. The van der Waals surface area contributed by atoms with Crippen LogP contribution < -0.4 is 5.32 Å². The third kappa shape index (κ3) is 0.699. The minimum Gasteiger partial charge on any atom is -0.237 e. The Labute approximate surface area is 57.9 Å². The zero-order chi connectivity index (χ0) is 6.81. The van der Waals surface area contributed by atoms with Crippen molar-refractivity contribution in [1.29, 1.82) is 0 Å². The molecule has 0 saturated carbocycles. The van der Waals surface area contributed by atoms with E-state index < -0.39 is 0 Å². The Morgan fingerprint density at radius 2 is 2.40 bits per heavy atom. The van der Waals surface area contributed by atoms with E-state index in [-0.39, 0.29) is 0 Å². The first kappa shape index (κ1) is 5.22. The average Bonchev–Trinajstić information content (AvgIpc) is 2.59. The topological polar surface area (TPSA) is 44.8 Å². The van der Waals surface area contributed by atoms with Gasteiger partial charge in [0.1, 0.15) is 0 Å². The van der Waals surface area contributed by atoms with Crippen molar-refractivity contribution in [2.24, 2.45) is 0 Å². The number of rotatable bonds is 1. The van der Waals surface area contributed by atoms with Crippen molar-refractivity contribution >= 4 is 5.82 Å². The molecule has 49 valence electrons. The number of hydrogen-bond donors (Lipinski definition) is 0. The van der Waals surface area contributed by atoms with Gasteiger partial charge in [-0.25, -0.2) is 10.00 Å². The Morgan fingerprint density at radius 3 is 3.00 bits per heavy atom. The zero-order valence-corrected chi connectivity index (χ0v) is 5.18. The summed E-state index contributed by atoms with van der Waals surface area (Å²) in [6.07, 6.45) is 8.82. The highest BCUT2D eigenvalue weighted by molar-refractivity contribution is 5.49. The van der Waals surface area contributed by atoms with Crippen molar-refractivity contribution < 1.29 is 0 Å². The van der Waals surface area contributed by atoms with E-state index in [1.165, 1.54) is 0 Å². The van der Waals surface area contributed by atoms with Crippen LogP contribution in [0.25, 0.3) is 5.82 Å². The fourth-order valence-electron chi connectivity index (χ4n) is 0.757.